The molecule has 0 bridgehead atoms. The summed E-state index contributed by atoms with van der Waals surface area (Å²) in [5.74, 6) is -0.0873. The molecule has 126 valence electrons. The lowest BCUT2D eigenvalue weighted by Crippen LogP contribution is -2.41. The second-order valence-corrected chi connectivity index (χ2v) is 5.93. The number of carbonyl (C=O) groups excluding carboxylic acids is 2. The van der Waals surface area contributed by atoms with Crippen molar-refractivity contribution in [1.82, 2.24) is 10.7 Å². The number of amides is 2. The Bertz CT molecular complexity index is 537. The van der Waals surface area contributed by atoms with Gasteiger partial charge in [0, 0.05) is 6.04 Å². The summed E-state index contributed by atoms with van der Waals surface area (Å²) in [5, 5.41) is 6.24. The van der Waals surface area contributed by atoms with E-state index in [2.05, 4.69) is 29.7 Å². The Kier molecular flexibility index (Phi) is 7.80. The van der Waals surface area contributed by atoms with Crippen molar-refractivity contribution in [3.8, 4) is 5.75 Å². The first-order valence-corrected chi connectivity index (χ1v) is 7.75. The van der Waals surface area contributed by atoms with E-state index in [9.17, 15) is 9.59 Å². The zero-order valence-electron chi connectivity index (χ0n) is 14.1. The van der Waals surface area contributed by atoms with E-state index >= 15 is 0 Å². The molecule has 1 aromatic carbocycles. The highest BCUT2D eigenvalue weighted by Crippen LogP contribution is 2.12. The minimum Gasteiger partial charge on any atom is -0.494 e. The smallest absolute Gasteiger partial charge is 0.329 e. The third-order valence-electron chi connectivity index (χ3n) is 2.85. The summed E-state index contributed by atoms with van der Waals surface area (Å²) >= 11 is 0. The number of hydrogen-bond donors (Lipinski definition) is 2. The van der Waals surface area contributed by atoms with Crippen LogP contribution in [0, 0.1) is 5.92 Å². The second kappa shape index (κ2) is 9.61. The Hall–Kier alpha value is -2.37. The van der Waals surface area contributed by atoms with Crippen LogP contribution in [0.25, 0.3) is 0 Å². The van der Waals surface area contributed by atoms with Crippen LogP contribution in [0.15, 0.2) is 29.4 Å². The minimum atomic E-state index is -0.788. The Labute approximate surface area is 137 Å². The SMILES string of the molecule is CC(C)CCOc1ccc(/C=N\NC(=O)C(=O)NC(C)C)cc1. The maximum absolute atomic E-state index is 11.4. The number of benzene rings is 1. The fraction of sp³-hybridized carbons (Fsp3) is 0.471. The standard InChI is InChI=1S/C17H25N3O3/c1-12(2)9-10-23-15-7-5-14(6-8-15)11-18-20-17(22)16(21)19-13(3)4/h5-8,11-13H,9-10H2,1-4H3,(H,19,21)(H,20,22)/b18-11-. The summed E-state index contributed by atoms with van der Waals surface area (Å²) in [5.41, 5.74) is 2.98. The van der Waals surface area contributed by atoms with Crippen LogP contribution in [-0.4, -0.2) is 30.7 Å². The molecule has 0 aliphatic rings. The molecular weight excluding hydrogens is 294 g/mol. The third-order valence-corrected chi connectivity index (χ3v) is 2.85. The predicted octanol–water partition coefficient (Wildman–Crippen LogP) is 2.09. The largest absolute Gasteiger partial charge is 0.494 e. The molecule has 1 rings (SSSR count). The zero-order chi connectivity index (χ0) is 17.2. The fourth-order valence-electron chi connectivity index (χ4n) is 1.61. The molecule has 2 N–H and O–H groups in total. The Morgan fingerprint density at radius 2 is 1.78 bits per heavy atom. The lowest BCUT2D eigenvalue weighted by Gasteiger charge is -2.08. The number of nitrogens with one attached hydrogen (secondary N) is 2. The van der Waals surface area contributed by atoms with Crippen LogP contribution in [-0.2, 0) is 9.59 Å². The van der Waals surface area contributed by atoms with Crippen LogP contribution in [0.1, 0.15) is 39.7 Å². The maximum atomic E-state index is 11.4. The molecule has 0 aromatic heterocycles. The number of nitrogens with zero attached hydrogens (tertiary/aromatic N) is 1. The van der Waals surface area contributed by atoms with E-state index in [1.54, 1.807) is 13.8 Å². The van der Waals surface area contributed by atoms with Gasteiger partial charge in [0.05, 0.1) is 12.8 Å². The molecule has 0 aliphatic heterocycles. The molecule has 0 fully saturated rings. The second-order valence-electron chi connectivity index (χ2n) is 5.93. The van der Waals surface area contributed by atoms with Gasteiger partial charge in [-0.15, -0.1) is 0 Å². The summed E-state index contributed by atoms with van der Waals surface area (Å²) in [7, 11) is 0. The van der Waals surface area contributed by atoms with Gasteiger partial charge in [-0.05, 0) is 56.0 Å². The summed E-state index contributed by atoms with van der Waals surface area (Å²) in [4.78, 5) is 22.8. The van der Waals surface area contributed by atoms with Crippen molar-refractivity contribution in [3.63, 3.8) is 0 Å². The van der Waals surface area contributed by atoms with Crippen molar-refractivity contribution in [2.24, 2.45) is 11.0 Å². The van der Waals surface area contributed by atoms with Crippen LogP contribution in [0.5, 0.6) is 5.75 Å². The number of hydrazone groups is 1. The summed E-state index contributed by atoms with van der Waals surface area (Å²) in [6.45, 7) is 8.54. The Morgan fingerprint density at radius 1 is 1.13 bits per heavy atom. The molecule has 0 saturated carbocycles. The molecule has 6 nitrogen and oxygen atoms in total. The molecule has 23 heavy (non-hydrogen) atoms. The normalized spacial score (nSPS) is 11.0. The molecule has 0 spiro atoms. The van der Waals surface area contributed by atoms with Crippen LogP contribution < -0.4 is 15.5 Å². The van der Waals surface area contributed by atoms with Crippen molar-refractivity contribution in [3.05, 3.63) is 29.8 Å². The number of hydrogen-bond acceptors (Lipinski definition) is 4. The third kappa shape index (κ3) is 7.99. The fourth-order valence-corrected chi connectivity index (χ4v) is 1.61. The lowest BCUT2D eigenvalue weighted by atomic mass is 10.1. The average molecular weight is 319 g/mol. The van der Waals surface area contributed by atoms with E-state index in [0.717, 1.165) is 17.7 Å². The van der Waals surface area contributed by atoms with Crippen LogP contribution in [0.4, 0.5) is 0 Å². The first kappa shape index (κ1) is 18.7. The van der Waals surface area contributed by atoms with Gasteiger partial charge in [-0.25, -0.2) is 5.43 Å². The van der Waals surface area contributed by atoms with E-state index in [4.69, 9.17) is 4.74 Å². The van der Waals surface area contributed by atoms with Crippen LogP contribution >= 0.6 is 0 Å². The number of ether oxygens (including phenoxy) is 1. The predicted molar refractivity (Wildman–Crippen MR) is 90.4 cm³/mol. The minimum absolute atomic E-state index is 0.0968. The van der Waals surface area contributed by atoms with E-state index in [0.29, 0.717) is 12.5 Å². The zero-order valence-corrected chi connectivity index (χ0v) is 14.1. The van der Waals surface area contributed by atoms with Crippen molar-refractivity contribution < 1.29 is 14.3 Å². The van der Waals surface area contributed by atoms with E-state index in [1.165, 1.54) is 6.21 Å². The highest BCUT2D eigenvalue weighted by molar-refractivity contribution is 6.35. The maximum Gasteiger partial charge on any atom is 0.329 e. The Morgan fingerprint density at radius 3 is 2.35 bits per heavy atom. The molecule has 1 aromatic rings. The van der Waals surface area contributed by atoms with Gasteiger partial charge in [-0.2, -0.15) is 5.10 Å². The summed E-state index contributed by atoms with van der Waals surface area (Å²) < 4.78 is 5.62. The first-order valence-electron chi connectivity index (χ1n) is 7.75. The monoisotopic (exact) mass is 319 g/mol. The van der Waals surface area contributed by atoms with Crippen molar-refractivity contribution in [2.45, 2.75) is 40.2 Å². The topological polar surface area (TPSA) is 79.8 Å². The number of carbonyl (C=O) groups is 2. The molecule has 0 unspecified atom stereocenters. The van der Waals surface area contributed by atoms with Crippen LogP contribution in [0.2, 0.25) is 0 Å². The van der Waals surface area contributed by atoms with Crippen molar-refractivity contribution >= 4 is 18.0 Å². The van der Waals surface area contributed by atoms with Gasteiger partial charge >= 0.3 is 11.8 Å². The van der Waals surface area contributed by atoms with Gasteiger partial charge in [-0.3, -0.25) is 9.59 Å². The highest BCUT2D eigenvalue weighted by atomic mass is 16.5. The summed E-state index contributed by atoms with van der Waals surface area (Å²) in [6, 6.07) is 7.24. The van der Waals surface area contributed by atoms with Gasteiger partial charge < -0.3 is 10.1 Å². The molecule has 2 amide bonds. The highest BCUT2D eigenvalue weighted by Gasteiger charge is 2.12. The van der Waals surface area contributed by atoms with Gasteiger partial charge in [0.1, 0.15) is 5.75 Å². The van der Waals surface area contributed by atoms with Gasteiger partial charge in [0.15, 0.2) is 0 Å². The Balaban J connectivity index is 2.42. The molecular formula is C17H25N3O3. The average Bonchev–Trinajstić information content (AvgIpc) is 2.47. The number of rotatable bonds is 7. The van der Waals surface area contributed by atoms with E-state index in [-0.39, 0.29) is 6.04 Å². The molecule has 0 saturated heterocycles. The van der Waals surface area contributed by atoms with Crippen LogP contribution in [0.3, 0.4) is 0 Å². The first-order chi connectivity index (χ1) is 10.9. The molecule has 0 radical (unpaired) electrons. The van der Waals surface area contributed by atoms with E-state index in [1.807, 2.05) is 24.3 Å². The van der Waals surface area contributed by atoms with Gasteiger partial charge in [0.2, 0.25) is 0 Å². The lowest BCUT2D eigenvalue weighted by molar-refractivity contribution is -0.139. The molecule has 0 heterocycles. The van der Waals surface area contributed by atoms with Crippen molar-refractivity contribution in [1.29, 1.82) is 0 Å². The van der Waals surface area contributed by atoms with Gasteiger partial charge in [-0.1, -0.05) is 13.8 Å². The molecule has 0 atom stereocenters. The van der Waals surface area contributed by atoms with Gasteiger partial charge in [0.25, 0.3) is 0 Å². The summed E-state index contributed by atoms with van der Waals surface area (Å²) in [6.07, 6.45) is 2.48. The molecule has 0 aliphatic carbocycles. The molecule has 6 heteroatoms. The van der Waals surface area contributed by atoms with Crippen molar-refractivity contribution in [2.75, 3.05) is 6.61 Å². The van der Waals surface area contributed by atoms with E-state index < -0.39 is 11.8 Å². The quantitative estimate of drug-likeness (QED) is 0.459.